The topological polar surface area (TPSA) is 103 Å². The minimum Gasteiger partial charge on any atom is -0.414 e. The Hall–Kier alpha value is -2.45. The summed E-state index contributed by atoms with van der Waals surface area (Å²) in [7, 11) is -2.15. The Labute approximate surface area is 226 Å². The van der Waals surface area contributed by atoms with Crippen LogP contribution in [-0.4, -0.2) is 31.3 Å². The highest BCUT2D eigenvalue weighted by atomic mass is 28.4. The predicted octanol–water partition coefficient (Wildman–Crippen LogP) is 5.59. The van der Waals surface area contributed by atoms with Crippen molar-refractivity contribution in [1.82, 2.24) is 4.57 Å². The molecule has 1 aromatic carbocycles. The molecule has 1 heterocycles. The second-order valence-corrected chi connectivity index (χ2v) is 18.7. The number of nitrogens with zero attached hydrogens (tertiary/aromatic N) is 1. The molecule has 6 rings (SSSR count). The van der Waals surface area contributed by atoms with E-state index < -0.39 is 20.3 Å². The summed E-state index contributed by atoms with van der Waals surface area (Å²) in [6.07, 6.45) is 9.74. The molecule has 4 aliphatic rings. The smallest absolute Gasteiger partial charge is 0.259 e. The summed E-state index contributed by atoms with van der Waals surface area (Å²) in [5, 5.41) is 4.20. The zero-order valence-corrected chi connectivity index (χ0v) is 24.5. The standard InChI is InChI=1S/C30H43N3O4Si/c1-29(2,3)38(4,5)37-18-25(27(31)35)33-10-9-22-23(28(33)36)7-6-8-24(22)32-26(34)17-30-14-19-11-20(15-30)13-21(12-19)16-30/h6-10,19-21,25H,11-18H2,1-5H3,(H2,31,35)(H,32,34)/t19?,20?,21?,25-,30?/m1/s1. The van der Waals surface area contributed by atoms with Crippen molar-refractivity contribution in [2.45, 2.75) is 89.9 Å². The fraction of sp³-hybridized carbons (Fsp3) is 0.633. The van der Waals surface area contributed by atoms with Crippen LogP contribution in [0.5, 0.6) is 0 Å². The van der Waals surface area contributed by atoms with Crippen LogP contribution in [-0.2, 0) is 14.0 Å². The number of primary amides is 1. The van der Waals surface area contributed by atoms with Crippen LogP contribution >= 0.6 is 0 Å². The van der Waals surface area contributed by atoms with E-state index in [1.807, 2.05) is 6.07 Å². The summed E-state index contributed by atoms with van der Waals surface area (Å²) >= 11 is 0. The van der Waals surface area contributed by atoms with Crippen molar-refractivity contribution in [2.24, 2.45) is 28.9 Å². The predicted molar refractivity (Wildman–Crippen MR) is 153 cm³/mol. The Morgan fingerprint density at radius 3 is 2.24 bits per heavy atom. The quantitative estimate of drug-likeness (QED) is 0.428. The van der Waals surface area contributed by atoms with Gasteiger partial charge in [0.25, 0.3) is 5.56 Å². The molecule has 4 fully saturated rings. The van der Waals surface area contributed by atoms with E-state index in [1.54, 1.807) is 24.4 Å². The second kappa shape index (κ2) is 9.63. The van der Waals surface area contributed by atoms with E-state index in [0.29, 0.717) is 22.9 Å². The minimum atomic E-state index is -2.15. The Morgan fingerprint density at radius 2 is 1.68 bits per heavy atom. The van der Waals surface area contributed by atoms with Gasteiger partial charge in [-0.2, -0.15) is 0 Å². The maximum Gasteiger partial charge on any atom is 0.259 e. The average molecular weight is 538 g/mol. The van der Waals surface area contributed by atoms with Gasteiger partial charge < -0.3 is 20.0 Å². The molecule has 4 saturated carbocycles. The molecule has 4 aliphatic carbocycles. The fourth-order valence-corrected chi connectivity index (χ4v) is 8.50. The first kappa shape index (κ1) is 27.1. The number of amides is 2. The number of nitrogens with two attached hydrogens (primary N) is 1. The maximum atomic E-state index is 13.5. The van der Waals surface area contributed by atoms with Crippen LogP contribution in [0, 0.1) is 23.2 Å². The van der Waals surface area contributed by atoms with Gasteiger partial charge in [-0.05, 0) is 98.0 Å². The third-order valence-corrected chi connectivity index (χ3v) is 14.5. The molecule has 2 amide bonds. The van der Waals surface area contributed by atoms with Crippen LogP contribution in [0.25, 0.3) is 10.8 Å². The van der Waals surface area contributed by atoms with Crippen molar-refractivity contribution < 1.29 is 14.0 Å². The lowest BCUT2D eigenvalue weighted by Crippen LogP contribution is -2.47. The van der Waals surface area contributed by atoms with Crippen molar-refractivity contribution >= 4 is 36.6 Å². The van der Waals surface area contributed by atoms with Crippen LogP contribution in [0.2, 0.25) is 18.1 Å². The molecule has 2 aromatic rings. The third kappa shape index (κ3) is 5.09. The lowest BCUT2D eigenvalue weighted by Gasteiger charge is -2.56. The molecule has 4 bridgehead atoms. The van der Waals surface area contributed by atoms with Gasteiger partial charge in [-0.1, -0.05) is 26.8 Å². The summed E-state index contributed by atoms with van der Waals surface area (Å²) in [5.74, 6) is 1.81. The number of anilines is 1. The van der Waals surface area contributed by atoms with Crippen molar-refractivity contribution in [3.8, 4) is 0 Å². The molecule has 38 heavy (non-hydrogen) atoms. The van der Waals surface area contributed by atoms with Crippen molar-refractivity contribution in [3.05, 3.63) is 40.8 Å². The Balaban J connectivity index is 1.36. The van der Waals surface area contributed by atoms with Gasteiger partial charge in [0.2, 0.25) is 11.8 Å². The molecule has 0 saturated heterocycles. The number of benzene rings is 1. The molecule has 1 aromatic heterocycles. The number of hydrogen-bond donors (Lipinski definition) is 2. The lowest BCUT2D eigenvalue weighted by molar-refractivity contribution is -0.124. The van der Waals surface area contributed by atoms with Crippen LogP contribution in [0.4, 0.5) is 5.69 Å². The fourth-order valence-electron chi connectivity index (χ4n) is 7.49. The van der Waals surface area contributed by atoms with Gasteiger partial charge in [-0.15, -0.1) is 0 Å². The molecule has 0 aliphatic heterocycles. The number of hydrogen-bond acceptors (Lipinski definition) is 4. The first-order valence-corrected chi connectivity index (χ1v) is 17.0. The molecule has 0 radical (unpaired) electrons. The minimum absolute atomic E-state index is 0.0291. The number of nitrogens with one attached hydrogen (secondary N) is 1. The molecule has 8 heteroatoms. The first-order valence-electron chi connectivity index (χ1n) is 14.1. The SMILES string of the molecule is CC(C)(C)[Si](C)(C)OC[C@H](C(N)=O)n1ccc2c(NC(=O)CC34CC5CC(CC(C5)C3)C4)cccc2c1=O. The van der Waals surface area contributed by atoms with Gasteiger partial charge in [-0.3, -0.25) is 14.4 Å². The normalized spacial score (nSPS) is 27.4. The second-order valence-electron chi connectivity index (χ2n) is 13.9. The van der Waals surface area contributed by atoms with Gasteiger partial charge in [0.05, 0.1) is 6.61 Å². The number of carbonyl (C=O) groups is 2. The monoisotopic (exact) mass is 537 g/mol. The van der Waals surface area contributed by atoms with Crippen LogP contribution < -0.4 is 16.6 Å². The van der Waals surface area contributed by atoms with Crippen LogP contribution in [0.1, 0.15) is 71.8 Å². The van der Waals surface area contributed by atoms with Gasteiger partial charge in [-0.25, -0.2) is 0 Å². The summed E-state index contributed by atoms with van der Waals surface area (Å²) in [5.41, 5.74) is 6.20. The zero-order chi connectivity index (χ0) is 27.5. The molecule has 0 unspecified atom stereocenters. The maximum absolute atomic E-state index is 13.5. The van der Waals surface area contributed by atoms with Crippen molar-refractivity contribution in [1.29, 1.82) is 0 Å². The highest BCUT2D eigenvalue weighted by Gasteiger charge is 2.51. The highest BCUT2D eigenvalue weighted by molar-refractivity contribution is 6.74. The number of carbonyl (C=O) groups excluding carboxylic acids is 2. The van der Waals surface area contributed by atoms with Gasteiger partial charge >= 0.3 is 0 Å². The van der Waals surface area contributed by atoms with Gasteiger partial charge in [0, 0.05) is 29.1 Å². The first-order chi connectivity index (χ1) is 17.8. The molecule has 1 atom stereocenters. The lowest BCUT2D eigenvalue weighted by atomic mass is 9.49. The van der Waals surface area contributed by atoms with Crippen molar-refractivity contribution in [3.63, 3.8) is 0 Å². The van der Waals surface area contributed by atoms with Gasteiger partial charge in [0.15, 0.2) is 8.32 Å². The Morgan fingerprint density at radius 1 is 1.08 bits per heavy atom. The van der Waals surface area contributed by atoms with E-state index in [0.717, 1.165) is 17.8 Å². The largest absolute Gasteiger partial charge is 0.414 e. The van der Waals surface area contributed by atoms with E-state index >= 15 is 0 Å². The van der Waals surface area contributed by atoms with E-state index in [9.17, 15) is 14.4 Å². The summed E-state index contributed by atoms with van der Waals surface area (Å²) < 4.78 is 7.63. The van der Waals surface area contributed by atoms with Gasteiger partial charge in [0.1, 0.15) is 6.04 Å². The Kier molecular flexibility index (Phi) is 6.87. The molecule has 7 nitrogen and oxygen atoms in total. The number of fused-ring (bicyclic) bond motifs is 1. The Bertz CT molecular complexity index is 1270. The number of aromatic nitrogens is 1. The average Bonchev–Trinajstić information content (AvgIpc) is 2.78. The molecule has 0 spiro atoms. The van der Waals surface area contributed by atoms with E-state index in [2.05, 4.69) is 39.2 Å². The molecule has 3 N–H and O–H groups in total. The van der Waals surface area contributed by atoms with E-state index in [-0.39, 0.29) is 28.5 Å². The molecular weight excluding hydrogens is 494 g/mol. The van der Waals surface area contributed by atoms with Crippen molar-refractivity contribution in [2.75, 3.05) is 11.9 Å². The molecular formula is C30H43N3O4Si. The number of pyridine rings is 1. The van der Waals surface area contributed by atoms with E-state index in [4.69, 9.17) is 10.2 Å². The van der Waals surface area contributed by atoms with Crippen LogP contribution in [0.3, 0.4) is 0 Å². The number of rotatable bonds is 8. The third-order valence-electron chi connectivity index (χ3n) is 10.0. The van der Waals surface area contributed by atoms with Crippen LogP contribution in [0.15, 0.2) is 35.3 Å². The highest BCUT2D eigenvalue weighted by Crippen LogP contribution is 2.61. The summed E-state index contributed by atoms with van der Waals surface area (Å²) in [6, 6.07) is 6.24. The van der Waals surface area contributed by atoms with E-state index in [1.165, 1.54) is 43.1 Å². The summed E-state index contributed by atoms with van der Waals surface area (Å²) in [6.45, 7) is 10.6. The molecule has 206 valence electrons. The summed E-state index contributed by atoms with van der Waals surface area (Å²) in [4.78, 5) is 39.2. The zero-order valence-electron chi connectivity index (χ0n) is 23.5.